The fourth-order valence-electron chi connectivity index (χ4n) is 4.32. The lowest BCUT2D eigenvalue weighted by Crippen LogP contribution is -2.46. The third-order valence-electron chi connectivity index (χ3n) is 6.18. The van der Waals surface area contributed by atoms with E-state index in [1.54, 1.807) is 4.68 Å². The summed E-state index contributed by atoms with van der Waals surface area (Å²) in [5.74, 6) is 0.347. The number of piperazine rings is 1. The molecule has 2 heterocycles. The highest BCUT2D eigenvalue weighted by molar-refractivity contribution is 5.85. The lowest BCUT2D eigenvalue weighted by Gasteiger charge is -2.34. The normalized spacial score (nSPS) is 14.4. The summed E-state index contributed by atoms with van der Waals surface area (Å²) in [6.07, 6.45) is 0. The second kappa shape index (κ2) is 13.8. The number of hydrogen-bond donors (Lipinski definition) is 1. The number of rotatable bonds is 8. The van der Waals surface area contributed by atoms with Gasteiger partial charge in [-0.15, -0.1) is 24.8 Å². The van der Waals surface area contributed by atoms with Crippen molar-refractivity contribution in [2.24, 2.45) is 11.7 Å². The van der Waals surface area contributed by atoms with E-state index < -0.39 is 0 Å². The summed E-state index contributed by atoms with van der Waals surface area (Å²) in [4.78, 5) is 18.1. The highest BCUT2D eigenvalue weighted by atomic mass is 35.5. The van der Waals surface area contributed by atoms with Gasteiger partial charge in [0.2, 0.25) is 0 Å². The molecule has 1 saturated heterocycles. The minimum atomic E-state index is 0. The lowest BCUT2D eigenvalue weighted by atomic mass is 10.1. The number of nitrogens with zero attached hydrogens (tertiary/aromatic N) is 4. The molecule has 35 heavy (non-hydrogen) atoms. The minimum absolute atomic E-state index is 0. The van der Waals surface area contributed by atoms with Gasteiger partial charge in [-0.05, 0) is 23.1 Å². The average molecular weight is 519 g/mol. The minimum Gasteiger partial charge on any atom is -0.326 e. The fourth-order valence-corrected chi connectivity index (χ4v) is 4.32. The summed E-state index contributed by atoms with van der Waals surface area (Å²) >= 11 is 0. The number of aromatic nitrogens is 2. The van der Waals surface area contributed by atoms with Crippen LogP contribution in [0.3, 0.4) is 0 Å². The van der Waals surface area contributed by atoms with Gasteiger partial charge < -0.3 is 5.73 Å². The van der Waals surface area contributed by atoms with Crippen LogP contribution in [0, 0.1) is 5.92 Å². The molecule has 1 aliphatic rings. The molecule has 0 saturated carbocycles. The molecule has 0 aliphatic carbocycles. The van der Waals surface area contributed by atoms with Gasteiger partial charge in [-0.25, -0.2) is 4.68 Å². The van der Waals surface area contributed by atoms with E-state index in [0.717, 1.165) is 55.1 Å². The summed E-state index contributed by atoms with van der Waals surface area (Å²) in [5, 5.41) is 4.70. The predicted molar refractivity (Wildman–Crippen MR) is 148 cm³/mol. The maximum absolute atomic E-state index is 13.2. The zero-order valence-corrected chi connectivity index (χ0v) is 22.2. The summed E-state index contributed by atoms with van der Waals surface area (Å²) in [5.41, 5.74) is 10.9. The van der Waals surface area contributed by atoms with Crippen LogP contribution < -0.4 is 11.3 Å². The van der Waals surface area contributed by atoms with Crippen molar-refractivity contribution in [3.05, 3.63) is 87.7 Å². The van der Waals surface area contributed by atoms with Crippen molar-refractivity contribution in [3.63, 3.8) is 0 Å². The lowest BCUT2D eigenvalue weighted by molar-refractivity contribution is 0.121. The maximum Gasteiger partial charge on any atom is 0.271 e. The summed E-state index contributed by atoms with van der Waals surface area (Å²) in [6.45, 7) is 10.9. The molecule has 0 radical (unpaired) electrons. The van der Waals surface area contributed by atoms with Crippen molar-refractivity contribution < 1.29 is 0 Å². The first-order valence-corrected chi connectivity index (χ1v) is 11.9. The second-order valence-corrected chi connectivity index (χ2v) is 9.37. The first-order chi connectivity index (χ1) is 16.0. The highest BCUT2D eigenvalue weighted by Crippen LogP contribution is 2.19. The topological polar surface area (TPSA) is 67.4 Å². The molecule has 1 fully saturated rings. The van der Waals surface area contributed by atoms with Crippen molar-refractivity contribution in [2.75, 3.05) is 26.2 Å². The zero-order valence-electron chi connectivity index (χ0n) is 20.6. The molecule has 0 bridgehead atoms. The molecule has 190 valence electrons. The molecule has 8 heteroatoms. The van der Waals surface area contributed by atoms with Crippen LogP contribution in [0.15, 0.2) is 65.5 Å². The number of hydrogen-bond acceptors (Lipinski definition) is 5. The van der Waals surface area contributed by atoms with E-state index in [-0.39, 0.29) is 30.4 Å². The van der Waals surface area contributed by atoms with Gasteiger partial charge in [0, 0.05) is 63.5 Å². The molecule has 0 amide bonds. The average Bonchev–Trinajstić information content (AvgIpc) is 2.83. The van der Waals surface area contributed by atoms with Gasteiger partial charge in [0.25, 0.3) is 5.56 Å². The molecule has 0 atom stereocenters. The van der Waals surface area contributed by atoms with Crippen LogP contribution in [0.25, 0.3) is 11.3 Å². The van der Waals surface area contributed by atoms with Crippen molar-refractivity contribution >= 4 is 24.8 Å². The predicted octanol–water partition coefficient (Wildman–Crippen LogP) is 4.19. The van der Waals surface area contributed by atoms with Crippen LogP contribution in [0.5, 0.6) is 0 Å². The standard InChI is InChI=1S/C27H35N5O.2ClH/c1-21(2)18-32-27(33)25(16-26(29-32)24-10-8-22(17-28)9-11-24)20-31-14-12-30(13-15-31)19-23-6-4-3-5-7-23;;/h3-11,16,21H,12-15,17-20,28H2,1-2H3;2*1H. The monoisotopic (exact) mass is 517 g/mol. The molecular formula is C27H37Cl2N5O. The van der Waals surface area contributed by atoms with Crippen LogP contribution in [0.4, 0.5) is 0 Å². The smallest absolute Gasteiger partial charge is 0.271 e. The van der Waals surface area contributed by atoms with Crippen molar-refractivity contribution in [1.29, 1.82) is 0 Å². The van der Waals surface area contributed by atoms with Crippen LogP contribution in [-0.2, 0) is 26.2 Å². The second-order valence-electron chi connectivity index (χ2n) is 9.37. The first kappa shape index (κ1) is 29.0. The van der Waals surface area contributed by atoms with Gasteiger partial charge in [0.1, 0.15) is 0 Å². The molecule has 6 nitrogen and oxygen atoms in total. The van der Waals surface area contributed by atoms with E-state index >= 15 is 0 Å². The quantitative estimate of drug-likeness (QED) is 0.485. The van der Waals surface area contributed by atoms with Crippen molar-refractivity contribution in [2.45, 2.75) is 40.0 Å². The van der Waals surface area contributed by atoms with Crippen LogP contribution >= 0.6 is 24.8 Å². The van der Waals surface area contributed by atoms with Crippen LogP contribution in [0.1, 0.15) is 30.5 Å². The van der Waals surface area contributed by atoms with Crippen molar-refractivity contribution in [1.82, 2.24) is 19.6 Å². The van der Waals surface area contributed by atoms with Gasteiger partial charge in [0.05, 0.1) is 5.69 Å². The fraction of sp³-hybridized carbons (Fsp3) is 0.407. The summed E-state index contributed by atoms with van der Waals surface area (Å²) in [7, 11) is 0. The van der Waals surface area contributed by atoms with Gasteiger partial charge in [-0.3, -0.25) is 14.6 Å². The molecule has 0 unspecified atom stereocenters. The molecule has 1 aromatic heterocycles. The number of benzene rings is 2. The van der Waals surface area contributed by atoms with Gasteiger partial charge in [-0.1, -0.05) is 68.4 Å². The zero-order chi connectivity index (χ0) is 23.2. The Morgan fingerprint density at radius 2 is 1.46 bits per heavy atom. The molecule has 3 aromatic rings. The van der Waals surface area contributed by atoms with E-state index in [9.17, 15) is 4.79 Å². The van der Waals surface area contributed by atoms with Crippen molar-refractivity contribution in [3.8, 4) is 11.3 Å². The SMILES string of the molecule is CC(C)Cn1nc(-c2ccc(CN)cc2)cc(CN2CCN(Cc3ccccc3)CC2)c1=O.Cl.Cl. The molecule has 0 spiro atoms. The Hall–Kier alpha value is -2.22. The largest absolute Gasteiger partial charge is 0.326 e. The Balaban J connectivity index is 0.00000216. The Bertz CT molecular complexity index is 1090. The number of halogens is 2. The van der Waals surface area contributed by atoms with E-state index in [0.29, 0.717) is 25.6 Å². The molecular weight excluding hydrogens is 481 g/mol. The Morgan fingerprint density at radius 3 is 2.03 bits per heavy atom. The Morgan fingerprint density at radius 1 is 0.857 bits per heavy atom. The summed E-state index contributed by atoms with van der Waals surface area (Å²) < 4.78 is 1.65. The number of nitrogens with two attached hydrogens (primary N) is 1. The molecule has 4 rings (SSSR count). The Labute approximate surface area is 220 Å². The third kappa shape index (κ3) is 7.89. The van der Waals surface area contributed by atoms with Gasteiger partial charge in [-0.2, -0.15) is 5.10 Å². The van der Waals surface area contributed by atoms with Crippen LogP contribution in [0.2, 0.25) is 0 Å². The van der Waals surface area contributed by atoms with E-state index in [1.165, 1.54) is 5.56 Å². The van der Waals surface area contributed by atoms with Gasteiger partial charge >= 0.3 is 0 Å². The molecule has 2 aromatic carbocycles. The van der Waals surface area contributed by atoms with E-state index in [1.807, 2.05) is 30.3 Å². The third-order valence-corrected chi connectivity index (χ3v) is 6.18. The first-order valence-electron chi connectivity index (χ1n) is 11.9. The van der Waals surface area contributed by atoms with Crippen LogP contribution in [-0.4, -0.2) is 45.8 Å². The maximum atomic E-state index is 13.2. The van der Waals surface area contributed by atoms with E-state index in [2.05, 4.69) is 54.0 Å². The Kier molecular flexibility index (Phi) is 11.4. The highest BCUT2D eigenvalue weighted by Gasteiger charge is 2.20. The van der Waals surface area contributed by atoms with Gasteiger partial charge in [0.15, 0.2) is 0 Å². The molecule has 1 aliphatic heterocycles. The van der Waals surface area contributed by atoms with E-state index in [4.69, 9.17) is 10.8 Å². The summed E-state index contributed by atoms with van der Waals surface area (Å²) in [6, 6.07) is 20.7. The molecule has 2 N–H and O–H groups in total.